The molecule has 0 aliphatic carbocycles. The van der Waals surface area contributed by atoms with Crippen molar-refractivity contribution in [1.82, 2.24) is 4.90 Å². The zero-order valence-corrected chi connectivity index (χ0v) is 19.5. The molecular weight excluding hydrogens is 464 g/mol. The molecule has 1 aromatic rings. The van der Waals surface area contributed by atoms with E-state index in [1.165, 1.54) is 6.08 Å². The van der Waals surface area contributed by atoms with E-state index < -0.39 is 23.6 Å². The highest BCUT2D eigenvalue weighted by atomic mass is 35.5. The van der Waals surface area contributed by atoms with Crippen LogP contribution in [0.4, 0.5) is 0 Å². The van der Waals surface area contributed by atoms with Gasteiger partial charge in [-0.25, -0.2) is 4.79 Å². The maximum absolute atomic E-state index is 12.7. The van der Waals surface area contributed by atoms with Crippen molar-refractivity contribution < 1.29 is 34.5 Å². The van der Waals surface area contributed by atoms with Crippen molar-refractivity contribution in [2.24, 2.45) is 5.16 Å². The molecule has 1 saturated heterocycles. The number of halogens is 1. The molecule has 0 aromatic heterocycles. The number of phenolic OH excluding ortho intramolecular Hbond substituents is 2. The molecule has 3 rings (SSSR count). The van der Waals surface area contributed by atoms with E-state index in [4.69, 9.17) is 21.2 Å². The van der Waals surface area contributed by atoms with Gasteiger partial charge >= 0.3 is 5.97 Å². The summed E-state index contributed by atoms with van der Waals surface area (Å²) in [4.78, 5) is 32.1. The third-order valence-electron chi connectivity index (χ3n) is 5.52. The smallest absolute Gasteiger partial charge is 0.342 e. The first-order chi connectivity index (χ1) is 16.4. The number of hydrogen-bond acceptors (Lipinski definition) is 8. The van der Waals surface area contributed by atoms with Crippen molar-refractivity contribution >= 4 is 29.2 Å². The lowest BCUT2D eigenvalue weighted by molar-refractivity contribution is -0.137. The zero-order chi connectivity index (χ0) is 24.5. The van der Waals surface area contributed by atoms with E-state index in [0.29, 0.717) is 31.6 Å². The number of fused-ring (bicyclic) bond motifs is 1. The van der Waals surface area contributed by atoms with Gasteiger partial charge in [0.1, 0.15) is 29.8 Å². The molecule has 0 saturated carbocycles. The number of ether oxygens (including phenoxy) is 1. The summed E-state index contributed by atoms with van der Waals surface area (Å²) in [5, 5.41) is 34.3. The van der Waals surface area contributed by atoms with Crippen LogP contribution in [-0.4, -0.2) is 70.2 Å². The van der Waals surface area contributed by atoms with Crippen LogP contribution in [0, 0.1) is 0 Å². The Balaban J connectivity index is 1.88. The Kier molecular flexibility index (Phi) is 9.35. The number of oxime groups is 1. The second-order valence-electron chi connectivity index (χ2n) is 8.13. The van der Waals surface area contributed by atoms with E-state index in [0.717, 1.165) is 25.3 Å². The predicted octanol–water partition coefficient (Wildman–Crippen LogP) is 3.10. The fraction of sp³-hybridized carbons (Fsp3) is 0.458. The number of cyclic esters (lactones) is 1. The Bertz CT molecular complexity index is 984. The van der Waals surface area contributed by atoms with Crippen LogP contribution in [0.5, 0.6) is 11.5 Å². The number of hydrogen-bond donors (Lipinski definition) is 3. The van der Waals surface area contributed by atoms with Gasteiger partial charge in [0.2, 0.25) is 0 Å². The number of allylic oxidation sites excluding steroid dienone is 3. The summed E-state index contributed by atoms with van der Waals surface area (Å²) >= 11 is 6.27. The van der Waals surface area contributed by atoms with Crippen LogP contribution in [0.3, 0.4) is 0 Å². The molecule has 1 unspecified atom stereocenters. The first-order valence-corrected chi connectivity index (χ1v) is 11.6. The van der Waals surface area contributed by atoms with Gasteiger partial charge < -0.3 is 29.8 Å². The summed E-state index contributed by atoms with van der Waals surface area (Å²) in [7, 11) is 0. The van der Waals surface area contributed by atoms with E-state index in [9.17, 15) is 24.9 Å². The summed E-state index contributed by atoms with van der Waals surface area (Å²) in [6.07, 6.45) is 9.96. The monoisotopic (exact) mass is 492 g/mol. The molecule has 1 fully saturated rings. The molecule has 184 valence electrons. The Morgan fingerprint density at radius 1 is 1.18 bits per heavy atom. The molecule has 1 atom stereocenters. The number of aliphatic hydroxyl groups is 1. The Morgan fingerprint density at radius 2 is 1.91 bits per heavy atom. The van der Waals surface area contributed by atoms with Crippen LogP contribution < -0.4 is 0 Å². The van der Waals surface area contributed by atoms with Gasteiger partial charge in [0.25, 0.3) is 5.91 Å². The van der Waals surface area contributed by atoms with Crippen LogP contribution in [0.15, 0.2) is 35.5 Å². The zero-order valence-electron chi connectivity index (χ0n) is 18.8. The molecule has 34 heavy (non-hydrogen) atoms. The minimum absolute atomic E-state index is 0.0839. The van der Waals surface area contributed by atoms with E-state index in [2.05, 4.69) is 5.16 Å². The molecule has 0 spiro atoms. The third kappa shape index (κ3) is 6.98. The summed E-state index contributed by atoms with van der Waals surface area (Å²) in [5.74, 6) is -2.01. The van der Waals surface area contributed by atoms with Crippen LogP contribution in [-0.2, 0) is 20.8 Å². The van der Waals surface area contributed by atoms with Gasteiger partial charge in [0.05, 0.1) is 10.7 Å². The summed E-state index contributed by atoms with van der Waals surface area (Å²) in [6.45, 7) is 0.853. The molecule has 9 nitrogen and oxygen atoms in total. The standard InChI is InChI=1S/C24H29ClN2O7/c25-23-18-12-16(26-34-15-21(31)27-10-6-3-7-11-27)8-4-1-2-5-9-17(28)14-33-24(32)22(18)19(29)13-20(23)30/h4-5,8-9,13,17,28-30H,1-3,6-7,10-12,14-15H2. The molecule has 0 radical (unpaired) electrons. The topological polar surface area (TPSA) is 129 Å². The lowest BCUT2D eigenvalue weighted by Gasteiger charge is -2.26. The number of likely N-dealkylation sites (tertiary alicyclic amines) is 1. The Hall–Kier alpha value is -3.04. The molecular formula is C24H29ClN2O7. The first-order valence-electron chi connectivity index (χ1n) is 11.2. The van der Waals surface area contributed by atoms with Gasteiger partial charge in [-0.05, 0) is 43.7 Å². The van der Waals surface area contributed by atoms with Gasteiger partial charge in [0.15, 0.2) is 6.61 Å². The number of nitrogens with zero attached hydrogens (tertiary/aromatic N) is 2. The van der Waals surface area contributed by atoms with Crippen molar-refractivity contribution in [3.05, 3.63) is 46.5 Å². The second-order valence-corrected chi connectivity index (χ2v) is 8.51. The predicted molar refractivity (Wildman–Crippen MR) is 126 cm³/mol. The van der Waals surface area contributed by atoms with Crippen molar-refractivity contribution in [3.63, 3.8) is 0 Å². The lowest BCUT2D eigenvalue weighted by Crippen LogP contribution is -2.37. The van der Waals surface area contributed by atoms with Crippen molar-refractivity contribution in [1.29, 1.82) is 0 Å². The maximum Gasteiger partial charge on any atom is 0.342 e. The number of piperidine rings is 1. The van der Waals surface area contributed by atoms with Crippen LogP contribution in [0.1, 0.15) is 48.0 Å². The fourth-order valence-electron chi connectivity index (χ4n) is 3.74. The molecule has 2 aliphatic heterocycles. The number of aromatic hydroxyl groups is 2. The van der Waals surface area contributed by atoms with Crippen LogP contribution in [0.2, 0.25) is 5.02 Å². The maximum atomic E-state index is 12.7. The van der Waals surface area contributed by atoms with Gasteiger partial charge in [-0.2, -0.15) is 0 Å². The van der Waals surface area contributed by atoms with Gasteiger partial charge in [-0.3, -0.25) is 4.79 Å². The average Bonchev–Trinajstić information content (AvgIpc) is 2.82. The van der Waals surface area contributed by atoms with E-state index in [1.54, 1.807) is 17.1 Å². The highest BCUT2D eigenvalue weighted by molar-refractivity contribution is 6.33. The number of carbonyl (C=O) groups is 2. The van der Waals surface area contributed by atoms with E-state index in [1.807, 2.05) is 6.08 Å². The molecule has 0 bridgehead atoms. The average molecular weight is 493 g/mol. The number of rotatable bonds is 3. The second kappa shape index (κ2) is 12.4. The number of esters is 1. The van der Waals surface area contributed by atoms with Crippen molar-refractivity contribution in [2.45, 2.75) is 44.6 Å². The number of aliphatic hydroxyl groups excluding tert-OH is 1. The summed E-state index contributed by atoms with van der Waals surface area (Å²) in [5.41, 5.74) is 0.163. The quantitative estimate of drug-likeness (QED) is 0.336. The number of carbonyl (C=O) groups excluding carboxylic acids is 2. The molecule has 1 aromatic carbocycles. The lowest BCUT2D eigenvalue weighted by atomic mass is 9.99. The molecule has 1 amide bonds. The Morgan fingerprint density at radius 3 is 2.68 bits per heavy atom. The van der Waals surface area contributed by atoms with Gasteiger partial charge in [-0.15, -0.1) is 0 Å². The highest BCUT2D eigenvalue weighted by Gasteiger charge is 2.25. The number of phenols is 2. The highest BCUT2D eigenvalue weighted by Crippen LogP contribution is 2.37. The molecule has 2 aliphatic rings. The fourth-order valence-corrected chi connectivity index (χ4v) is 3.96. The van der Waals surface area contributed by atoms with E-state index >= 15 is 0 Å². The summed E-state index contributed by atoms with van der Waals surface area (Å²) in [6, 6.07) is 0.947. The number of amides is 1. The van der Waals surface area contributed by atoms with Crippen LogP contribution >= 0.6 is 11.6 Å². The van der Waals surface area contributed by atoms with Gasteiger partial charge in [0, 0.05) is 25.6 Å². The van der Waals surface area contributed by atoms with Crippen molar-refractivity contribution in [2.75, 3.05) is 26.3 Å². The molecule has 2 heterocycles. The third-order valence-corrected chi connectivity index (χ3v) is 5.94. The first kappa shape index (κ1) is 25.6. The van der Waals surface area contributed by atoms with Crippen molar-refractivity contribution in [3.8, 4) is 11.5 Å². The molecule has 3 N–H and O–H groups in total. The Labute approximate surface area is 202 Å². The van der Waals surface area contributed by atoms with Crippen LogP contribution in [0.25, 0.3) is 0 Å². The molecule has 10 heteroatoms. The van der Waals surface area contributed by atoms with E-state index in [-0.39, 0.29) is 41.7 Å². The van der Waals surface area contributed by atoms with Gasteiger partial charge in [-0.1, -0.05) is 35.0 Å². The largest absolute Gasteiger partial charge is 0.507 e. The summed E-state index contributed by atoms with van der Waals surface area (Å²) < 4.78 is 5.14. The SMILES string of the molecule is O=C1OCC(O)C=CCCC=CC(=NOCC(=O)N2CCCCC2)Cc2c(Cl)c(O)cc(O)c21. The number of benzene rings is 1. The minimum Gasteiger partial charge on any atom is -0.507 e. The minimum atomic E-state index is -1.00. The normalized spacial score (nSPS) is 21.0.